The summed E-state index contributed by atoms with van der Waals surface area (Å²) in [6, 6.07) is 6.56. The summed E-state index contributed by atoms with van der Waals surface area (Å²) in [7, 11) is 4.32. The number of phenolic OH excluding ortho intramolecular Hbond substituents is 1. The molecule has 0 bridgehead atoms. The number of hydrogen-bond donors (Lipinski definition) is 1. The SMILES string of the molecule is Cc1ccc(O)c(CN2CCC(N(C)C)CC2)c1. The lowest BCUT2D eigenvalue weighted by Crippen LogP contribution is -2.41. The molecule has 0 spiro atoms. The standard InChI is InChI=1S/C15H24N2O/c1-12-4-5-15(18)13(10-12)11-17-8-6-14(7-9-17)16(2)3/h4-5,10,14,18H,6-9,11H2,1-3H3. The number of nitrogens with zero attached hydrogens (tertiary/aromatic N) is 2. The quantitative estimate of drug-likeness (QED) is 0.888. The highest BCUT2D eigenvalue weighted by atomic mass is 16.3. The third-order valence-electron chi connectivity index (χ3n) is 3.92. The minimum atomic E-state index is 0.426. The Morgan fingerprint density at radius 1 is 1.28 bits per heavy atom. The average Bonchev–Trinajstić information content (AvgIpc) is 2.34. The summed E-state index contributed by atoms with van der Waals surface area (Å²) in [6.07, 6.45) is 2.44. The van der Waals surface area contributed by atoms with Crippen LogP contribution in [0.15, 0.2) is 18.2 Å². The molecule has 1 fully saturated rings. The molecule has 1 aromatic rings. The first-order valence-electron chi connectivity index (χ1n) is 6.73. The van der Waals surface area contributed by atoms with E-state index in [1.54, 1.807) is 6.07 Å². The Kier molecular flexibility index (Phi) is 4.25. The van der Waals surface area contributed by atoms with Crippen LogP contribution < -0.4 is 0 Å². The molecular weight excluding hydrogens is 224 g/mol. The predicted molar refractivity (Wildman–Crippen MR) is 74.8 cm³/mol. The molecule has 1 saturated heterocycles. The van der Waals surface area contributed by atoms with Crippen LogP contribution in [0.5, 0.6) is 5.75 Å². The number of rotatable bonds is 3. The van der Waals surface area contributed by atoms with Crippen LogP contribution in [0, 0.1) is 6.92 Å². The van der Waals surface area contributed by atoms with Crippen molar-refractivity contribution in [2.24, 2.45) is 0 Å². The van der Waals surface area contributed by atoms with E-state index in [2.05, 4.69) is 36.9 Å². The Balaban J connectivity index is 1.93. The van der Waals surface area contributed by atoms with E-state index in [0.717, 1.165) is 25.2 Å². The third-order valence-corrected chi connectivity index (χ3v) is 3.92. The first kappa shape index (κ1) is 13.4. The van der Waals surface area contributed by atoms with E-state index >= 15 is 0 Å². The second-order valence-corrected chi connectivity index (χ2v) is 5.60. The third kappa shape index (κ3) is 3.24. The molecule has 0 aliphatic carbocycles. The van der Waals surface area contributed by atoms with Gasteiger partial charge in [0.1, 0.15) is 5.75 Å². The van der Waals surface area contributed by atoms with E-state index in [0.29, 0.717) is 11.8 Å². The van der Waals surface area contributed by atoms with Crippen molar-refractivity contribution in [2.45, 2.75) is 32.4 Å². The maximum atomic E-state index is 9.87. The van der Waals surface area contributed by atoms with Gasteiger partial charge in [-0.1, -0.05) is 17.7 Å². The van der Waals surface area contributed by atoms with Gasteiger partial charge in [0, 0.05) is 18.2 Å². The van der Waals surface area contributed by atoms with Gasteiger partial charge in [-0.25, -0.2) is 0 Å². The van der Waals surface area contributed by atoms with Crippen molar-refractivity contribution in [1.82, 2.24) is 9.80 Å². The molecule has 0 unspecified atom stereocenters. The monoisotopic (exact) mass is 248 g/mol. The topological polar surface area (TPSA) is 26.7 Å². The van der Waals surface area contributed by atoms with Crippen molar-refractivity contribution in [3.63, 3.8) is 0 Å². The zero-order valence-electron chi connectivity index (χ0n) is 11.7. The summed E-state index contributed by atoms with van der Waals surface area (Å²) >= 11 is 0. The summed E-state index contributed by atoms with van der Waals surface area (Å²) in [5.41, 5.74) is 2.27. The molecule has 0 atom stereocenters. The van der Waals surface area contributed by atoms with Crippen molar-refractivity contribution in [1.29, 1.82) is 0 Å². The van der Waals surface area contributed by atoms with Crippen LogP contribution in [0.25, 0.3) is 0 Å². The van der Waals surface area contributed by atoms with Gasteiger partial charge in [0.2, 0.25) is 0 Å². The van der Waals surface area contributed by atoms with Gasteiger partial charge >= 0.3 is 0 Å². The minimum Gasteiger partial charge on any atom is -0.508 e. The second-order valence-electron chi connectivity index (χ2n) is 5.60. The summed E-state index contributed by atoms with van der Waals surface area (Å²) < 4.78 is 0. The van der Waals surface area contributed by atoms with Gasteiger partial charge in [0.15, 0.2) is 0 Å². The van der Waals surface area contributed by atoms with E-state index in [9.17, 15) is 5.11 Å². The summed E-state index contributed by atoms with van der Waals surface area (Å²) in [5, 5.41) is 9.87. The Bertz CT molecular complexity index is 395. The summed E-state index contributed by atoms with van der Waals surface area (Å²) in [5.74, 6) is 0.426. The molecule has 1 N–H and O–H groups in total. The van der Waals surface area contributed by atoms with E-state index in [1.165, 1.54) is 18.4 Å². The Hall–Kier alpha value is -1.06. The molecule has 0 radical (unpaired) electrons. The van der Waals surface area contributed by atoms with Gasteiger partial charge in [0.05, 0.1) is 0 Å². The highest BCUT2D eigenvalue weighted by Crippen LogP contribution is 2.22. The van der Waals surface area contributed by atoms with Crippen molar-refractivity contribution < 1.29 is 5.11 Å². The highest BCUT2D eigenvalue weighted by molar-refractivity contribution is 5.35. The lowest BCUT2D eigenvalue weighted by Gasteiger charge is -2.35. The van der Waals surface area contributed by atoms with Crippen molar-refractivity contribution in [3.05, 3.63) is 29.3 Å². The summed E-state index contributed by atoms with van der Waals surface area (Å²) in [4.78, 5) is 4.76. The maximum Gasteiger partial charge on any atom is 0.120 e. The fraction of sp³-hybridized carbons (Fsp3) is 0.600. The van der Waals surface area contributed by atoms with Crippen LogP contribution in [0.4, 0.5) is 0 Å². The van der Waals surface area contributed by atoms with Gasteiger partial charge in [-0.15, -0.1) is 0 Å². The summed E-state index contributed by atoms with van der Waals surface area (Å²) in [6.45, 7) is 5.18. The van der Waals surface area contributed by atoms with Crippen LogP contribution in [0.3, 0.4) is 0 Å². The molecular formula is C15H24N2O. The number of aryl methyl sites for hydroxylation is 1. The first-order chi connectivity index (χ1) is 8.56. The molecule has 0 aromatic heterocycles. The molecule has 18 heavy (non-hydrogen) atoms. The zero-order chi connectivity index (χ0) is 13.1. The van der Waals surface area contributed by atoms with E-state index in [-0.39, 0.29) is 0 Å². The molecule has 1 heterocycles. The van der Waals surface area contributed by atoms with Gasteiger partial charge in [0.25, 0.3) is 0 Å². The van der Waals surface area contributed by atoms with Gasteiger partial charge in [-0.2, -0.15) is 0 Å². The Morgan fingerprint density at radius 3 is 2.56 bits per heavy atom. The largest absolute Gasteiger partial charge is 0.508 e. The second kappa shape index (κ2) is 5.72. The molecule has 1 aliphatic heterocycles. The van der Waals surface area contributed by atoms with Crippen LogP contribution in [0.2, 0.25) is 0 Å². The number of hydrogen-bond acceptors (Lipinski definition) is 3. The fourth-order valence-corrected chi connectivity index (χ4v) is 2.68. The van der Waals surface area contributed by atoms with Gasteiger partial charge < -0.3 is 10.0 Å². The molecule has 0 amide bonds. The van der Waals surface area contributed by atoms with Crippen LogP contribution >= 0.6 is 0 Å². The van der Waals surface area contributed by atoms with Crippen molar-refractivity contribution in [3.8, 4) is 5.75 Å². The molecule has 100 valence electrons. The number of phenols is 1. The number of likely N-dealkylation sites (tertiary alicyclic amines) is 1. The normalized spacial score (nSPS) is 18.4. The molecule has 1 aromatic carbocycles. The van der Waals surface area contributed by atoms with Crippen LogP contribution in [-0.4, -0.2) is 48.1 Å². The minimum absolute atomic E-state index is 0.426. The van der Waals surface area contributed by atoms with Crippen LogP contribution in [-0.2, 0) is 6.54 Å². The molecule has 2 rings (SSSR count). The van der Waals surface area contributed by atoms with E-state index in [1.807, 2.05) is 6.07 Å². The Morgan fingerprint density at radius 2 is 1.94 bits per heavy atom. The lowest BCUT2D eigenvalue weighted by atomic mass is 10.0. The molecule has 3 heteroatoms. The zero-order valence-corrected chi connectivity index (χ0v) is 11.7. The highest BCUT2D eigenvalue weighted by Gasteiger charge is 2.21. The smallest absolute Gasteiger partial charge is 0.120 e. The van der Waals surface area contributed by atoms with Gasteiger partial charge in [-0.05, 0) is 53.0 Å². The van der Waals surface area contributed by atoms with Crippen molar-refractivity contribution >= 4 is 0 Å². The Labute approximate surface area is 110 Å². The number of benzene rings is 1. The maximum absolute atomic E-state index is 9.87. The molecule has 0 saturated carbocycles. The average molecular weight is 248 g/mol. The molecule has 3 nitrogen and oxygen atoms in total. The van der Waals surface area contributed by atoms with E-state index < -0.39 is 0 Å². The van der Waals surface area contributed by atoms with Crippen molar-refractivity contribution in [2.75, 3.05) is 27.2 Å². The predicted octanol–water partition coefficient (Wildman–Crippen LogP) is 2.23. The van der Waals surface area contributed by atoms with Crippen LogP contribution in [0.1, 0.15) is 24.0 Å². The lowest BCUT2D eigenvalue weighted by molar-refractivity contribution is 0.139. The fourth-order valence-electron chi connectivity index (χ4n) is 2.68. The molecule has 1 aliphatic rings. The number of piperidine rings is 1. The van der Waals surface area contributed by atoms with Gasteiger partial charge in [-0.3, -0.25) is 4.90 Å². The van der Waals surface area contributed by atoms with E-state index in [4.69, 9.17) is 0 Å². The first-order valence-corrected chi connectivity index (χ1v) is 6.73. The number of aromatic hydroxyl groups is 1.